The van der Waals surface area contributed by atoms with Gasteiger partial charge in [0.25, 0.3) is 0 Å². The fourth-order valence-corrected chi connectivity index (χ4v) is 10.7. The summed E-state index contributed by atoms with van der Waals surface area (Å²) in [5.74, 6) is -2.73. The number of aryl methyl sites for hydroxylation is 1. The van der Waals surface area contributed by atoms with E-state index in [9.17, 15) is 29.1 Å². The molecule has 19 heteroatoms. The number of nitrogens with zero attached hydrogens (tertiary/aromatic N) is 6. The lowest BCUT2D eigenvalue weighted by Gasteiger charge is -2.41. The Bertz CT molecular complexity index is 1870. The van der Waals surface area contributed by atoms with E-state index in [0.29, 0.717) is 30.1 Å². The number of carbonyl (C=O) groups is 5. The van der Waals surface area contributed by atoms with Gasteiger partial charge in [-0.1, -0.05) is 96.0 Å². The molecule has 0 unspecified atom stereocenters. The topological polar surface area (TPSA) is 198 Å². The molecule has 2 aromatic rings. The van der Waals surface area contributed by atoms with Gasteiger partial charge in [0.1, 0.15) is 25.0 Å². The summed E-state index contributed by atoms with van der Waals surface area (Å²) >= 11 is 0. The Morgan fingerprint density at radius 2 is 1.59 bits per heavy atom. The van der Waals surface area contributed by atoms with Gasteiger partial charge in [-0.15, -0.1) is 10.2 Å². The van der Waals surface area contributed by atoms with Crippen LogP contribution in [0.25, 0.3) is 0 Å². The van der Waals surface area contributed by atoms with Crippen LogP contribution in [0, 0.1) is 23.7 Å². The monoisotopic (exact) mass is 963 g/mol. The number of hydrogen-bond donors (Lipinski definition) is 3. The molecule has 3 rings (SSSR count). The molecule has 1 aliphatic rings. The van der Waals surface area contributed by atoms with E-state index in [0.717, 1.165) is 6.42 Å². The summed E-state index contributed by atoms with van der Waals surface area (Å²) in [6.07, 6.45) is 0.704. The van der Waals surface area contributed by atoms with E-state index in [-0.39, 0.29) is 54.5 Å². The largest absolute Gasteiger partial charge is 0.448 e. The molecule has 66 heavy (non-hydrogen) atoms. The molecule has 1 aromatic heterocycles. The van der Waals surface area contributed by atoms with Crippen molar-refractivity contribution in [3.63, 3.8) is 0 Å². The first-order valence-corrected chi connectivity index (χ1v) is 25.2. The molecule has 0 saturated carbocycles. The minimum atomic E-state index is -0.963. The second-order valence-electron chi connectivity index (χ2n) is 19.0. The van der Waals surface area contributed by atoms with Crippen molar-refractivity contribution in [2.75, 3.05) is 41.5 Å². The van der Waals surface area contributed by atoms with Crippen LogP contribution in [0.5, 0.6) is 0 Å². The van der Waals surface area contributed by atoms with Crippen molar-refractivity contribution in [2.45, 2.75) is 153 Å². The summed E-state index contributed by atoms with van der Waals surface area (Å²) in [5, 5.41) is 25.5. The lowest BCUT2D eigenvalue weighted by Crippen LogP contribution is -2.60. The molecule has 0 bridgehead atoms. The molecule has 1 aromatic carbocycles. The number of aromatic nitrogens is 3. The van der Waals surface area contributed by atoms with Crippen LogP contribution >= 0.6 is 21.6 Å². The van der Waals surface area contributed by atoms with Crippen molar-refractivity contribution in [1.29, 1.82) is 0 Å². The van der Waals surface area contributed by atoms with E-state index < -0.39 is 65.1 Å². The quantitative estimate of drug-likeness (QED) is 0.102. The zero-order valence-corrected chi connectivity index (χ0v) is 43.5. The molecular formula is C47H78N8O9S2. The number of likely N-dealkylation sites (N-methyl/N-ethyl adjacent to an activating group) is 2. The third-order valence-corrected chi connectivity index (χ3v) is 15.9. The molecule has 10 atom stereocenters. The molecule has 1 saturated heterocycles. The van der Waals surface area contributed by atoms with Crippen LogP contribution in [0.4, 0.5) is 4.79 Å². The lowest BCUT2D eigenvalue weighted by molar-refractivity contribution is -0.148. The number of likely N-dealkylation sites (tertiary alicyclic amines) is 1. The number of ether oxygens (including phenoxy) is 3. The van der Waals surface area contributed by atoms with Gasteiger partial charge < -0.3 is 44.3 Å². The first-order valence-electron chi connectivity index (χ1n) is 23.1. The Balaban J connectivity index is 1.73. The van der Waals surface area contributed by atoms with Crippen LogP contribution in [0.1, 0.15) is 107 Å². The van der Waals surface area contributed by atoms with Crippen LogP contribution in [-0.4, -0.2) is 153 Å². The van der Waals surface area contributed by atoms with E-state index >= 15 is 0 Å². The van der Waals surface area contributed by atoms with Gasteiger partial charge >= 0.3 is 6.09 Å². The predicted octanol–water partition coefficient (Wildman–Crippen LogP) is 5.73. The normalized spacial score (nSPS) is 18.4. The predicted molar refractivity (Wildman–Crippen MR) is 258 cm³/mol. The molecular weight excluding hydrogens is 885 g/mol. The average Bonchev–Trinajstić information content (AvgIpc) is 3.94. The van der Waals surface area contributed by atoms with Gasteiger partial charge in [-0.3, -0.25) is 24.1 Å². The van der Waals surface area contributed by atoms with Gasteiger partial charge in [0.05, 0.1) is 53.5 Å². The molecule has 0 radical (unpaired) electrons. The first-order chi connectivity index (χ1) is 31.0. The fraction of sp³-hybridized carbons (Fsp3) is 0.723. The number of benzene rings is 1. The number of amides is 5. The molecule has 0 aliphatic carbocycles. The maximum Gasteiger partial charge on any atom is 0.410 e. The minimum absolute atomic E-state index is 0.0355. The summed E-state index contributed by atoms with van der Waals surface area (Å²) in [4.78, 5) is 74.8. The van der Waals surface area contributed by atoms with Crippen molar-refractivity contribution in [3.05, 3.63) is 42.2 Å². The Kier molecular flexibility index (Phi) is 22.2. The Morgan fingerprint density at radius 1 is 0.939 bits per heavy atom. The highest BCUT2D eigenvalue weighted by Crippen LogP contribution is 2.40. The molecule has 1 fully saturated rings. The molecule has 5 amide bonds. The van der Waals surface area contributed by atoms with Gasteiger partial charge in [-0.05, 0) is 67.7 Å². The highest BCUT2D eigenvalue weighted by atomic mass is 33.1. The van der Waals surface area contributed by atoms with E-state index in [1.165, 1.54) is 47.8 Å². The second kappa shape index (κ2) is 26.0. The average molecular weight is 963 g/mol. The molecule has 17 nitrogen and oxygen atoms in total. The molecule has 1 aliphatic heterocycles. The zero-order chi connectivity index (χ0) is 49.6. The lowest BCUT2D eigenvalue weighted by atomic mass is 9.89. The van der Waals surface area contributed by atoms with Crippen LogP contribution < -0.4 is 10.6 Å². The molecule has 372 valence electrons. The van der Waals surface area contributed by atoms with Gasteiger partial charge in [-0.2, -0.15) is 0 Å². The van der Waals surface area contributed by atoms with Crippen LogP contribution in [0.15, 0.2) is 41.8 Å². The summed E-state index contributed by atoms with van der Waals surface area (Å²) in [5.41, 5.74) is 0.692. The maximum atomic E-state index is 14.6. The van der Waals surface area contributed by atoms with Crippen LogP contribution in [0.3, 0.4) is 0 Å². The smallest absolute Gasteiger partial charge is 0.410 e. The third kappa shape index (κ3) is 15.0. The van der Waals surface area contributed by atoms with E-state index in [1.807, 2.05) is 80.6 Å². The zero-order valence-electron chi connectivity index (χ0n) is 41.8. The second-order valence-corrected chi connectivity index (χ2v) is 21.8. The number of aliphatic hydroxyl groups is 1. The van der Waals surface area contributed by atoms with E-state index in [4.69, 9.17) is 14.2 Å². The van der Waals surface area contributed by atoms with E-state index in [2.05, 4.69) is 20.8 Å². The van der Waals surface area contributed by atoms with Crippen LogP contribution in [0.2, 0.25) is 0 Å². The number of rotatable bonds is 25. The molecule has 0 spiro atoms. The molecule has 3 N–H and O–H groups in total. The van der Waals surface area contributed by atoms with E-state index in [1.54, 1.807) is 53.7 Å². The Labute approximate surface area is 401 Å². The van der Waals surface area contributed by atoms with Gasteiger partial charge in [-0.25, -0.2) is 4.79 Å². The van der Waals surface area contributed by atoms with Crippen molar-refractivity contribution >= 4 is 51.3 Å². The first kappa shape index (κ1) is 56.4. The minimum Gasteiger partial charge on any atom is -0.448 e. The number of carbonyl (C=O) groups excluding carboxylic acids is 5. The number of nitrogens with one attached hydrogen (secondary N) is 2. The van der Waals surface area contributed by atoms with Crippen molar-refractivity contribution in [1.82, 2.24) is 40.1 Å². The Morgan fingerprint density at radius 3 is 2.14 bits per heavy atom. The summed E-state index contributed by atoms with van der Waals surface area (Å²) < 4.78 is 19.0. The summed E-state index contributed by atoms with van der Waals surface area (Å²) in [6, 6.07) is 5.72. The fourth-order valence-electron chi connectivity index (χ4n) is 8.55. The number of hydrogen-bond acceptors (Lipinski definition) is 13. The van der Waals surface area contributed by atoms with Crippen molar-refractivity contribution in [3.8, 4) is 0 Å². The third-order valence-electron chi connectivity index (χ3n) is 12.6. The van der Waals surface area contributed by atoms with Crippen LogP contribution in [-0.2, 0) is 40.4 Å². The van der Waals surface area contributed by atoms with Gasteiger partial charge in [0.2, 0.25) is 28.8 Å². The molecule has 2 heterocycles. The standard InChI is InChI=1S/C47H78N8O9S2/c1-16-30(6)39(35(62-14)25-36(56)55-24-20-23-34(55)41(63-15)31(7)42(58)49-32(8)40(57)33-21-18-17-19-22-33)53(12)44(60)37(28(2)3)50-43(59)38(29(4)5)54(13)46(61)64-26-47(9,10)66-65-45-51-48-27-52(45)11/h17-19,21-22,27-32,34-35,37-41,57H,16,20,23-26H2,1-15H3,(H,49,58)(H,50,59)/t30-,31+,32+,34-,35+,37-,38-,39-,40+,41+/m0/s1. The van der Waals surface area contributed by atoms with Crippen molar-refractivity contribution < 1.29 is 43.3 Å². The number of aliphatic hydroxyl groups excluding tert-OH is 1. The highest BCUT2D eigenvalue weighted by molar-refractivity contribution is 8.77. The van der Waals surface area contributed by atoms with Crippen molar-refractivity contribution in [2.24, 2.45) is 30.7 Å². The van der Waals surface area contributed by atoms with Gasteiger partial charge in [0.15, 0.2) is 0 Å². The van der Waals surface area contributed by atoms with Gasteiger partial charge in [0, 0.05) is 41.9 Å². The summed E-state index contributed by atoms with van der Waals surface area (Å²) in [6.45, 7) is 19.3. The Hall–Kier alpha value is -3.91. The maximum absolute atomic E-state index is 14.6. The highest BCUT2D eigenvalue weighted by Gasteiger charge is 2.44. The number of methoxy groups -OCH3 is 2. The summed E-state index contributed by atoms with van der Waals surface area (Å²) in [7, 11) is 11.0. The SMILES string of the molecule is CC[C@H](C)[C@@H]([C@@H](CC(=O)N1CCC[C@H]1[C@H](OC)[C@@H](C)C(=O)N[C@H](C)[C@@H](O)c1ccccc1)OC)N(C)C(=O)[C@@H](NC(=O)[C@H](C(C)C)N(C)C(=O)OCC(C)(C)SSc1nncn1C)C(C)C.